The SMILES string of the molecule is CC(C)=CCC/C(C)=C/CC/C(C)=C/CC/C(C)=C/COCC(O)COCC(O)CO. The predicted octanol–water partition coefficient (Wildman–Crippen LogP) is 4.88. The van der Waals surface area contributed by atoms with Crippen molar-refractivity contribution in [3.63, 3.8) is 0 Å². The van der Waals surface area contributed by atoms with Crippen LogP contribution in [0.5, 0.6) is 0 Å². The predicted molar refractivity (Wildman–Crippen MR) is 129 cm³/mol. The Morgan fingerprint density at radius 1 is 0.645 bits per heavy atom. The van der Waals surface area contributed by atoms with E-state index in [1.807, 2.05) is 6.08 Å². The van der Waals surface area contributed by atoms with E-state index >= 15 is 0 Å². The molecule has 0 saturated carbocycles. The van der Waals surface area contributed by atoms with E-state index < -0.39 is 12.2 Å². The topological polar surface area (TPSA) is 79.2 Å². The molecule has 0 saturated heterocycles. The number of aliphatic hydroxyl groups is 3. The Morgan fingerprint density at radius 2 is 1.10 bits per heavy atom. The largest absolute Gasteiger partial charge is 0.394 e. The third kappa shape index (κ3) is 20.4. The average Bonchev–Trinajstić information content (AvgIpc) is 2.70. The van der Waals surface area contributed by atoms with Crippen LogP contribution in [0.15, 0.2) is 46.6 Å². The molecule has 2 atom stereocenters. The van der Waals surface area contributed by atoms with Crippen molar-refractivity contribution in [2.24, 2.45) is 0 Å². The van der Waals surface area contributed by atoms with E-state index in [1.54, 1.807) is 0 Å². The van der Waals surface area contributed by atoms with E-state index in [-0.39, 0.29) is 26.4 Å². The summed E-state index contributed by atoms with van der Waals surface area (Å²) in [7, 11) is 0. The van der Waals surface area contributed by atoms with Crippen molar-refractivity contribution < 1.29 is 24.8 Å². The summed E-state index contributed by atoms with van der Waals surface area (Å²) in [6.07, 6.45) is 13.9. The molecule has 0 spiro atoms. The minimum atomic E-state index is -0.908. The molecule has 0 bridgehead atoms. The Kier molecular flexibility index (Phi) is 18.7. The van der Waals surface area contributed by atoms with Crippen molar-refractivity contribution in [3.05, 3.63) is 46.6 Å². The lowest BCUT2D eigenvalue weighted by molar-refractivity contribution is -0.0450. The van der Waals surface area contributed by atoms with Crippen LogP contribution < -0.4 is 0 Å². The number of aliphatic hydroxyl groups excluding tert-OH is 3. The molecule has 5 heteroatoms. The highest BCUT2D eigenvalue weighted by molar-refractivity contribution is 5.07. The molecule has 0 aliphatic heterocycles. The van der Waals surface area contributed by atoms with Crippen LogP contribution in [0.3, 0.4) is 0 Å². The lowest BCUT2D eigenvalue weighted by Crippen LogP contribution is -2.26. The maximum Gasteiger partial charge on any atom is 0.101 e. The van der Waals surface area contributed by atoms with Gasteiger partial charge in [-0.3, -0.25) is 0 Å². The zero-order chi connectivity index (χ0) is 23.5. The number of allylic oxidation sites excluding steroid dienone is 7. The third-order valence-corrected chi connectivity index (χ3v) is 4.85. The van der Waals surface area contributed by atoms with Crippen LogP contribution >= 0.6 is 0 Å². The Hall–Kier alpha value is -1.24. The summed E-state index contributed by atoms with van der Waals surface area (Å²) in [6, 6.07) is 0. The first-order chi connectivity index (χ1) is 14.7. The summed E-state index contributed by atoms with van der Waals surface area (Å²) in [5, 5.41) is 27.6. The highest BCUT2D eigenvalue weighted by atomic mass is 16.5. The molecule has 5 nitrogen and oxygen atoms in total. The molecule has 0 aromatic heterocycles. The van der Waals surface area contributed by atoms with Crippen molar-refractivity contribution in [1.82, 2.24) is 0 Å². The van der Waals surface area contributed by atoms with Crippen molar-refractivity contribution >= 4 is 0 Å². The van der Waals surface area contributed by atoms with E-state index in [0.29, 0.717) is 6.61 Å². The van der Waals surface area contributed by atoms with Gasteiger partial charge in [0.25, 0.3) is 0 Å². The summed E-state index contributed by atoms with van der Waals surface area (Å²) < 4.78 is 10.6. The first-order valence-electron chi connectivity index (χ1n) is 11.5. The molecule has 0 amide bonds. The molecule has 0 heterocycles. The van der Waals surface area contributed by atoms with E-state index in [4.69, 9.17) is 19.7 Å². The summed E-state index contributed by atoms with van der Waals surface area (Å²) in [5.74, 6) is 0. The normalized spacial score (nSPS) is 15.2. The van der Waals surface area contributed by atoms with Gasteiger partial charge >= 0.3 is 0 Å². The van der Waals surface area contributed by atoms with Gasteiger partial charge in [0.2, 0.25) is 0 Å². The van der Waals surface area contributed by atoms with Gasteiger partial charge in [-0.2, -0.15) is 0 Å². The van der Waals surface area contributed by atoms with Crippen LogP contribution in [0.25, 0.3) is 0 Å². The molecular weight excluding hydrogens is 392 g/mol. The molecular formula is C26H46O5. The molecule has 0 radical (unpaired) electrons. The highest BCUT2D eigenvalue weighted by Gasteiger charge is 2.07. The van der Waals surface area contributed by atoms with Crippen molar-refractivity contribution in [2.75, 3.05) is 33.0 Å². The maximum atomic E-state index is 9.74. The summed E-state index contributed by atoms with van der Waals surface area (Å²) >= 11 is 0. The molecule has 31 heavy (non-hydrogen) atoms. The molecule has 0 aromatic rings. The molecule has 2 unspecified atom stereocenters. The standard InChI is InChI=1S/C26H46O5/c1-21(2)9-6-10-22(3)11-7-12-23(4)13-8-14-24(5)15-16-30-19-26(29)20-31-18-25(28)17-27/h9,11,13,15,25-29H,6-8,10,12,14,16-20H2,1-5H3/b22-11+,23-13+,24-15+. The van der Waals surface area contributed by atoms with Gasteiger partial charge in [0.1, 0.15) is 12.2 Å². The monoisotopic (exact) mass is 438 g/mol. The fourth-order valence-corrected chi connectivity index (χ4v) is 2.83. The second-order valence-corrected chi connectivity index (χ2v) is 8.61. The molecule has 180 valence electrons. The Morgan fingerprint density at radius 3 is 1.61 bits per heavy atom. The zero-order valence-electron chi connectivity index (χ0n) is 20.4. The van der Waals surface area contributed by atoms with Gasteiger partial charge < -0.3 is 24.8 Å². The Bertz CT molecular complexity index is 570. The lowest BCUT2D eigenvalue weighted by Gasteiger charge is -2.13. The second kappa shape index (κ2) is 19.4. The quantitative estimate of drug-likeness (QED) is 0.210. The average molecular weight is 439 g/mol. The van der Waals surface area contributed by atoms with Crippen molar-refractivity contribution in [2.45, 2.75) is 85.4 Å². The van der Waals surface area contributed by atoms with E-state index in [9.17, 15) is 5.11 Å². The van der Waals surface area contributed by atoms with Gasteiger partial charge in [-0.05, 0) is 73.1 Å². The van der Waals surface area contributed by atoms with Crippen molar-refractivity contribution in [3.8, 4) is 0 Å². The van der Waals surface area contributed by atoms with Crippen LogP contribution in [0.1, 0.15) is 73.1 Å². The summed E-state index contributed by atoms with van der Waals surface area (Å²) in [5.41, 5.74) is 5.58. The molecule has 0 rings (SSSR count). The fraction of sp³-hybridized carbons (Fsp3) is 0.692. The van der Waals surface area contributed by atoms with E-state index in [1.165, 1.54) is 22.3 Å². The lowest BCUT2D eigenvalue weighted by atomic mass is 10.0. The van der Waals surface area contributed by atoms with Crippen LogP contribution in [0.2, 0.25) is 0 Å². The van der Waals surface area contributed by atoms with Gasteiger partial charge in [-0.25, -0.2) is 0 Å². The van der Waals surface area contributed by atoms with Crippen LogP contribution in [0, 0.1) is 0 Å². The molecule has 0 fully saturated rings. The molecule has 3 N–H and O–H groups in total. The number of hydrogen-bond acceptors (Lipinski definition) is 5. The smallest absolute Gasteiger partial charge is 0.101 e. The minimum absolute atomic E-state index is 0.00563. The van der Waals surface area contributed by atoms with Crippen molar-refractivity contribution in [1.29, 1.82) is 0 Å². The number of rotatable bonds is 18. The van der Waals surface area contributed by atoms with Crippen LogP contribution in [0.4, 0.5) is 0 Å². The third-order valence-electron chi connectivity index (χ3n) is 4.85. The molecule has 0 aliphatic rings. The first kappa shape index (κ1) is 29.8. The van der Waals surface area contributed by atoms with E-state index in [0.717, 1.165) is 38.5 Å². The van der Waals surface area contributed by atoms with E-state index in [2.05, 4.69) is 52.8 Å². The van der Waals surface area contributed by atoms with Gasteiger partial charge in [-0.1, -0.05) is 46.6 Å². The van der Waals surface area contributed by atoms with Gasteiger partial charge in [0.15, 0.2) is 0 Å². The van der Waals surface area contributed by atoms with Crippen LogP contribution in [-0.2, 0) is 9.47 Å². The zero-order valence-corrected chi connectivity index (χ0v) is 20.4. The first-order valence-corrected chi connectivity index (χ1v) is 11.5. The second-order valence-electron chi connectivity index (χ2n) is 8.61. The van der Waals surface area contributed by atoms with Gasteiger partial charge in [0.05, 0.1) is 33.0 Å². The number of hydrogen-bond donors (Lipinski definition) is 3. The minimum Gasteiger partial charge on any atom is -0.394 e. The maximum absolute atomic E-state index is 9.74. The Labute approximate surface area is 190 Å². The summed E-state index contributed by atoms with van der Waals surface area (Å²) in [6.45, 7) is 11.2. The summed E-state index contributed by atoms with van der Waals surface area (Å²) in [4.78, 5) is 0. The number of ether oxygens (including phenoxy) is 2. The van der Waals surface area contributed by atoms with Gasteiger partial charge in [0, 0.05) is 0 Å². The van der Waals surface area contributed by atoms with Crippen LogP contribution in [-0.4, -0.2) is 60.6 Å². The van der Waals surface area contributed by atoms with Gasteiger partial charge in [-0.15, -0.1) is 0 Å². The highest BCUT2D eigenvalue weighted by Crippen LogP contribution is 2.13. The Balaban J connectivity index is 3.91. The fourth-order valence-electron chi connectivity index (χ4n) is 2.83. The molecule has 0 aliphatic carbocycles. The molecule has 0 aromatic carbocycles.